The van der Waals surface area contributed by atoms with E-state index < -0.39 is 0 Å². The van der Waals surface area contributed by atoms with Crippen LogP contribution in [0, 0.1) is 0 Å². The van der Waals surface area contributed by atoms with Gasteiger partial charge in [-0.05, 0) is 122 Å². The van der Waals surface area contributed by atoms with Gasteiger partial charge in [0.15, 0.2) is 0 Å². The first-order valence-electron chi connectivity index (χ1n) is 23.8. The standard InChI is InChI=1S/C60H64N4O.ClH/c1-35(2)43-30-47(36(3)4)57(48(31-43)37(5)6)42-28-29-61-53(32-42)64-50-24-18-16-22-45(50)46-27-26-44(33-52(46)64)65-60-55(39(9)10)58(41-20-14-13-15-21-41)54(38(7)8)59(56(60)40(11)12)63-34-62-49-23-17-19-25-51(49)63;/h13-40H,1-12H3;1H. The average Bonchev–Trinajstić information content (AvgIpc) is 3.87. The zero-order valence-electron chi connectivity index (χ0n) is 40.8. The summed E-state index contributed by atoms with van der Waals surface area (Å²) in [6, 6.07) is 44.1. The third-order valence-electron chi connectivity index (χ3n) is 13.3. The Morgan fingerprint density at radius 1 is 0.470 bits per heavy atom. The van der Waals surface area contributed by atoms with E-state index in [1.54, 1.807) is 0 Å². The van der Waals surface area contributed by atoms with Gasteiger partial charge in [-0.2, -0.15) is 0 Å². The monoisotopic (exact) mass is 892 g/mol. The van der Waals surface area contributed by atoms with Crippen LogP contribution in [0.1, 0.15) is 152 Å². The van der Waals surface area contributed by atoms with E-state index in [1.165, 1.54) is 61.0 Å². The van der Waals surface area contributed by atoms with Crippen molar-refractivity contribution in [3.8, 4) is 45.3 Å². The number of ether oxygens (including phenoxy) is 1. The molecule has 9 aromatic rings. The quantitative estimate of drug-likeness (QED) is 0.123. The summed E-state index contributed by atoms with van der Waals surface area (Å²) in [4.78, 5) is 10.1. The molecule has 0 saturated heterocycles. The highest BCUT2D eigenvalue weighted by atomic mass is 35.5. The summed E-state index contributed by atoms with van der Waals surface area (Å²) in [7, 11) is 0. The van der Waals surface area contributed by atoms with Gasteiger partial charge in [0.1, 0.15) is 23.6 Å². The molecule has 0 atom stereocenters. The number of rotatable bonds is 12. The normalized spacial score (nSPS) is 12.0. The SMILES string of the molecule is CC(C)c1cc(C(C)C)c(-c2ccnc(-n3c4ccccc4c4ccc(Oc5c(C(C)C)c(-c6ccccc6)c(C(C)C)c(-n6cnc7ccccc76)c5C(C)C)cc43)c2)c(C(C)C)c1.Cl. The predicted molar refractivity (Wildman–Crippen MR) is 282 cm³/mol. The van der Waals surface area contributed by atoms with Crippen molar-refractivity contribution in [2.24, 2.45) is 0 Å². The van der Waals surface area contributed by atoms with E-state index in [1.807, 2.05) is 12.5 Å². The number of imidazole rings is 1. The van der Waals surface area contributed by atoms with E-state index in [9.17, 15) is 0 Å². The van der Waals surface area contributed by atoms with Crippen LogP contribution in [0.2, 0.25) is 0 Å². The van der Waals surface area contributed by atoms with Crippen LogP contribution in [0.25, 0.3) is 66.6 Å². The van der Waals surface area contributed by atoms with Crippen molar-refractivity contribution in [1.29, 1.82) is 0 Å². The second-order valence-corrected chi connectivity index (χ2v) is 19.8. The Morgan fingerprint density at radius 3 is 1.71 bits per heavy atom. The molecule has 0 amide bonds. The first-order valence-corrected chi connectivity index (χ1v) is 23.8. The molecule has 3 aromatic heterocycles. The van der Waals surface area contributed by atoms with Crippen molar-refractivity contribution in [2.45, 2.75) is 119 Å². The van der Waals surface area contributed by atoms with Crippen molar-refractivity contribution in [3.63, 3.8) is 0 Å². The number of para-hydroxylation sites is 3. The summed E-state index contributed by atoms with van der Waals surface area (Å²) in [5.74, 6) is 4.26. The Kier molecular flexibility index (Phi) is 13.1. The minimum absolute atomic E-state index is 0. The maximum atomic E-state index is 7.55. The summed E-state index contributed by atoms with van der Waals surface area (Å²) in [5.41, 5.74) is 18.2. The van der Waals surface area contributed by atoms with Crippen LogP contribution in [0.15, 0.2) is 134 Å². The molecular weight excluding hydrogens is 828 g/mol. The van der Waals surface area contributed by atoms with Crippen LogP contribution >= 0.6 is 12.4 Å². The van der Waals surface area contributed by atoms with E-state index in [4.69, 9.17) is 14.7 Å². The first kappa shape index (κ1) is 46.4. The second kappa shape index (κ2) is 18.6. The fraction of sp³-hybridized carbons (Fsp3) is 0.300. The number of benzene rings is 6. The molecule has 0 saturated carbocycles. The largest absolute Gasteiger partial charge is 0.457 e. The third-order valence-corrected chi connectivity index (χ3v) is 13.3. The lowest BCUT2D eigenvalue weighted by molar-refractivity contribution is 0.463. The number of nitrogens with zero attached hydrogens (tertiary/aromatic N) is 4. The molecule has 5 nitrogen and oxygen atoms in total. The summed E-state index contributed by atoms with van der Waals surface area (Å²) in [6.07, 6.45) is 3.99. The summed E-state index contributed by atoms with van der Waals surface area (Å²) < 4.78 is 12.2. The van der Waals surface area contributed by atoms with Gasteiger partial charge in [0.05, 0.1) is 27.8 Å². The van der Waals surface area contributed by atoms with Crippen molar-refractivity contribution in [1.82, 2.24) is 19.1 Å². The fourth-order valence-corrected chi connectivity index (χ4v) is 10.2. The van der Waals surface area contributed by atoms with E-state index in [0.29, 0.717) is 17.8 Å². The molecule has 338 valence electrons. The molecule has 0 unspecified atom stereocenters. The highest BCUT2D eigenvalue weighted by molar-refractivity contribution is 6.09. The van der Waals surface area contributed by atoms with Gasteiger partial charge in [0.2, 0.25) is 0 Å². The molecule has 6 heteroatoms. The first-order chi connectivity index (χ1) is 31.2. The molecular formula is C60H65ClN4O. The van der Waals surface area contributed by atoms with Gasteiger partial charge in [0, 0.05) is 34.2 Å². The van der Waals surface area contributed by atoms with Crippen LogP contribution in [0.5, 0.6) is 11.5 Å². The number of hydrogen-bond acceptors (Lipinski definition) is 3. The predicted octanol–water partition coefficient (Wildman–Crippen LogP) is 17.8. The van der Waals surface area contributed by atoms with Crippen molar-refractivity contribution in [2.75, 3.05) is 0 Å². The maximum Gasteiger partial charge on any atom is 0.138 e. The molecule has 0 radical (unpaired) electrons. The second-order valence-electron chi connectivity index (χ2n) is 19.8. The molecule has 0 spiro atoms. The number of fused-ring (bicyclic) bond motifs is 4. The van der Waals surface area contributed by atoms with Gasteiger partial charge in [0.25, 0.3) is 0 Å². The highest BCUT2D eigenvalue weighted by Gasteiger charge is 2.32. The van der Waals surface area contributed by atoms with Gasteiger partial charge in [-0.25, -0.2) is 9.97 Å². The number of hydrogen-bond donors (Lipinski definition) is 0. The lowest BCUT2D eigenvalue weighted by Gasteiger charge is -2.31. The van der Waals surface area contributed by atoms with Crippen molar-refractivity contribution >= 4 is 45.2 Å². The lowest BCUT2D eigenvalue weighted by Crippen LogP contribution is -2.14. The Hall–Kier alpha value is -6.17. The summed E-state index contributed by atoms with van der Waals surface area (Å²) in [6.45, 7) is 27.7. The van der Waals surface area contributed by atoms with Crippen LogP contribution in [-0.4, -0.2) is 19.1 Å². The third kappa shape index (κ3) is 8.10. The Bertz CT molecular complexity index is 3170. The van der Waals surface area contributed by atoms with Gasteiger partial charge in [-0.1, -0.05) is 156 Å². The van der Waals surface area contributed by atoms with Gasteiger partial charge in [-0.3, -0.25) is 9.13 Å². The van der Waals surface area contributed by atoms with Crippen molar-refractivity contribution < 1.29 is 4.74 Å². The molecule has 0 aliphatic heterocycles. The van der Waals surface area contributed by atoms with E-state index >= 15 is 0 Å². The average molecular weight is 894 g/mol. The fourth-order valence-electron chi connectivity index (χ4n) is 10.2. The number of pyridine rings is 1. The van der Waals surface area contributed by atoms with Crippen molar-refractivity contribution in [3.05, 3.63) is 167 Å². The molecule has 6 aromatic carbocycles. The van der Waals surface area contributed by atoms with Crippen LogP contribution in [-0.2, 0) is 0 Å². The molecule has 0 bridgehead atoms. The topological polar surface area (TPSA) is 44.9 Å². The van der Waals surface area contributed by atoms with Crippen LogP contribution in [0.3, 0.4) is 0 Å². The number of aromatic nitrogens is 4. The molecule has 0 aliphatic carbocycles. The smallest absolute Gasteiger partial charge is 0.138 e. The molecule has 0 aliphatic rings. The van der Waals surface area contributed by atoms with E-state index in [-0.39, 0.29) is 30.2 Å². The molecule has 66 heavy (non-hydrogen) atoms. The zero-order chi connectivity index (χ0) is 45.8. The Labute approximate surface area is 398 Å². The molecule has 0 fully saturated rings. The van der Waals surface area contributed by atoms with E-state index in [0.717, 1.165) is 50.5 Å². The molecule has 9 rings (SSSR count). The maximum absolute atomic E-state index is 7.55. The summed E-state index contributed by atoms with van der Waals surface area (Å²) >= 11 is 0. The van der Waals surface area contributed by atoms with Gasteiger partial charge < -0.3 is 4.74 Å². The van der Waals surface area contributed by atoms with Gasteiger partial charge >= 0.3 is 0 Å². The highest BCUT2D eigenvalue weighted by Crippen LogP contribution is 2.52. The lowest BCUT2D eigenvalue weighted by atomic mass is 9.79. The van der Waals surface area contributed by atoms with Crippen LogP contribution < -0.4 is 4.74 Å². The minimum Gasteiger partial charge on any atom is -0.457 e. The zero-order valence-corrected chi connectivity index (χ0v) is 41.6. The Morgan fingerprint density at radius 2 is 1.08 bits per heavy atom. The number of halogens is 1. The van der Waals surface area contributed by atoms with Gasteiger partial charge in [-0.15, -0.1) is 12.4 Å². The van der Waals surface area contributed by atoms with E-state index in [2.05, 4.69) is 214 Å². The summed E-state index contributed by atoms with van der Waals surface area (Å²) in [5, 5.41) is 2.34. The Balaban J connectivity index is 0.00000592. The van der Waals surface area contributed by atoms with Crippen LogP contribution in [0.4, 0.5) is 0 Å². The molecule has 3 heterocycles. The minimum atomic E-state index is 0. The molecule has 0 N–H and O–H groups in total.